The third-order valence-corrected chi connectivity index (χ3v) is 2.83. The van der Waals surface area contributed by atoms with Crippen LogP contribution < -0.4 is 0 Å². The average molecular weight is 272 g/mol. The molecular formula is C8H20N2O4S2. The van der Waals surface area contributed by atoms with Crippen molar-refractivity contribution in [1.29, 1.82) is 0 Å². The molecule has 16 heavy (non-hydrogen) atoms. The quantitative estimate of drug-likeness (QED) is 0.289. The summed E-state index contributed by atoms with van der Waals surface area (Å²) >= 11 is 1.75. The summed E-state index contributed by atoms with van der Waals surface area (Å²) < 4.78 is 32.0. The lowest BCUT2D eigenvalue weighted by atomic mass is 10.8. The van der Waals surface area contributed by atoms with Gasteiger partial charge in [-0.05, 0) is 35.1 Å². The van der Waals surface area contributed by atoms with Crippen molar-refractivity contribution in [2.75, 3.05) is 41.1 Å². The fourth-order valence-corrected chi connectivity index (χ4v) is 1.93. The van der Waals surface area contributed by atoms with Gasteiger partial charge >= 0.3 is 5.11 Å². The van der Waals surface area contributed by atoms with E-state index in [9.17, 15) is 13.0 Å². The predicted molar refractivity (Wildman–Crippen MR) is 67.0 cm³/mol. The molecule has 0 bridgehead atoms. The third kappa shape index (κ3) is 12.0. The highest BCUT2D eigenvalue weighted by atomic mass is 32.3. The number of nitrogens with zero attached hydrogens (tertiary/aromatic N) is 2. The Bertz CT molecular complexity index is 289. The van der Waals surface area contributed by atoms with Gasteiger partial charge in [-0.2, -0.15) is 0 Å². The van der Waals surface area contributed by atoms with Gasteiger partial charge in [0.2, 0.25) is 21.7 Å². The molecule has 0 amide bonds. The Morgan fingerprint density at radius 1 is 1.25 bits per heavy atom. The minimum Gasteiger partial charge on any atom is -0.726 e. The van der Waals surface area contributed by atoms with E-state index in [4.69, 9.17) is 0 Å². The highest BCUT2D eigenvalue weighted by molar-refractivity contribution is 7.80. The average Bonchev–Trinajstić information content (AvgIpc) is 2.01. The van der Waals surface area contributed by atoms with Crippen LogP contribution in [0.25, 0.3) is 0 Å². The molecule has 0 aromatic carbocycles. The van der Waals surface area contributed by atoms with Crippen LogP contribution in [-0.2, 0) is 25.9 Å². The van der Waals surface area contributed by atoms with Crippen LogP contribution in [0.3, 0.4) is 0 Å². The first-order valence-corrected chi connectivity index (χ1v) is 7.07. The maximum Gasteiger partial charge on any atom is 0.324 e. The molecule has 8 heteroatoms. The Morgan fingerprint density at radius 3 is 1.62 bits per heavy atom. The van der Waals surface area contributed by atoms with E-state index in [2.05, 4.69) is 20.2 Å². The molecule has 0 aromatic rings. The topological polar surface area (TPSA) is 72.9 Å². The lowest BCUT2D eigenvalue weighted by Crippen LogP contribution is -2.35. The van der Waals surface area contributed by atoms with Crippen molar-refractivity contribution >= 4 is 26.9 Å². The van der Waals surface area contributed by atoms with Crippen molar-refractivity contribution in [2.45, 2.75) is 6.92 Å². The standard InChI is InChI=1S/C6H15N2S.C2H6O4S/c1-7(2)6(9-5)8(3)4;1-2-6-7(3,4)5/h1-5H3;2H2,1H3,(H,3,4,5)/q+1;/p-1. The number of hydrogen-bond acceptors (Lipinski definition) is 4. The molecule has 0 aromatic heterocycles. The Balaban J connectivity index is 0. The van der Waals surface area contributed by atoms with Gasteiger partial charge in [0, 0.05) is 0 Å². The van der Waals surface area contributed by atoms with E-state index >= 15 is 0 Å². The summed E-state index contributed by atoms with van der Waals surface area (Å²) in [6.45, 7) is 1.33. The first-order valence-electron chi connectivity index (χ1n) is 4.51. The second-order valence-corrected chi connectivity index (χ2v) is 4.92. The van der Waals surface area contributed by atoms with E-state index in [0.29, 0.717) is 0 Å². The Kier molecular flexibility index (Phi) is 10.2. The van der Waals surface area contributed by atoms with E-state index < -0.39 is 10.4 Å². The molecule has 0 spiro atoms. The normalized spacial score (nSPS) is 11.1. The molecule has 0 fully saturated rings. The van der Waals surface area contributed by atoms with Crippen molar-refractivity contribution in [1.82, 2.24) is 9.80 Å². The van der Waals surface area contributed by atoms with Crippen molar-refractivity contribution in [2.24, 2.45) is 0 Å². The summed E-state index contributed by atoms with van der Waals surface area (Å²) in [5, 5.41) is 1.27. The van der Waals surface area contributed by atoms with Gasteiger partial charge in [-0.15, -0.1) is 0 Å². The number of hydrogen-bond donors (Lipinski definition) is 0. The highest BCUT2D eigenvalue weighted by Gasteiger charge is 2.12. The summed E-state index contributed by atoms with van der Waals surface area (Å²) in [6.07, 6.45) is 2.08. The van der Waals surface area contributed by atoms with E-state index in [0.717, 1.165) is 0 Å². The van der Waals surface area contributed by atoms with Gasteiger partial charge in [0.25, 0.3) is 0 Å². The molecular weight excluding hydrogens is 252 g/mol. The van der Waals surface area contributed by atoms with Crippen molar-refractivity contribution < 1.29 is 17.2 Å². The summed E-state index contributed by atoms with van der Waals surface area (Å²) in [7, 11) is 3.77. The fourth-order valence-electron chi connectivity index (χ4n) is 0.909. The van der Waals surface area contributed by atoms with Gasteiger partial charge in [-0.1, -0.05) is 0 Å². The van der Waals surface area contributed by atoms with Crippen molar-refractivity contribution in [3.05, 3.63) is 0 Å². The van der Waals surface area contributed by atoms with Gasteiger partial charge < -0.3 is 4.55 Å². The minimum atomic E-state index is -4.42. The zero-order chi connectivity index (χ0) is 13.4. The number of rotatable bonds is 2. The summed E-state index contributed by atoms with van der Waals surface area (Å²) in [6, 6.07) is 0. The van der Waals surface area contributed by atoms with Crippen LogP contribution in [0.1, 0.15) is 6.92 Å². The first-order chi connectivity index (χ1) is 7.15. The summed E-state index contributed by atoms with van der Waals surface area (Å²) in [5.74, 6) is 0. The summed E-state index contributed by atoms with van der Waals surface area (Å²) in [4.78, 5) is 4.20. The molecule has 0 saturated heterocycles. The molecule has 0 aliphatic rings. The molecule has 0 radical (unpaired) electrons. The molecule has 0 rings (SSSR count). The zero-order valence-corrected chi connectivity index (χ0v) is 12.2. The van der Waals surface area contributed by atoms with Crippen LogP contribution in [0, 0.1) is 0 Å². The molecule has 0 heterocycles. The van der Waals surface area contributed by atoms with Crippen LogP contribution in [0.15, 0.2) is 0 Å². The SMILES string of the molecule is CCOS(=O)(=O)[O-].C[S+]=C(N(C)C)N(C)C. The van der Waals surface area contributed by atoms with Crippen LogP contribution >= 0.6 is 0 Å². The van der Waals surface area contributed by atoms with Gasteiger partial charge in [0.1, 0.15) is 0 Å². The monoisotopic (exact) mass is 272 g/mol. The largest absolute Gasteiger partial charge is 0.726 e. The molecule has 0 aliphatic carbocycles. The first kappa shape index (κ1) is 18.3. The molecule has 0 aliphatic heterocycles. The molecule has 0 N–H and O–H groups in total. The van der Waals surface area contributed by atoms with Gasteiger partial charge in [0.15, 0.2) is 6.26 Å². The van der Waals surface area contributed by atoms with Crippen LogP contribution in [0.2, 0.25) is 0 Å². The van der Waals surface area contributed by atoms with E-state index in [1.54, 1.807) is 11.4 Å². The van der Waals surface area contributed by atoms with E-state index in [1.807, 2.05) is 28.2 Å². The van der Waals surface area contributed by atoms with Gasteiger partial charge in [0.05, 0.1) is 6.61 Å². The molecule has 98 valence electrons. The summed E-state index contributed by atoms with van der Waals surface area (Å²) in [5.41, 5.74) is 0. The minimum absolute atomic E-state index is 0.0914. The maximum atomic E-state index is 9.45. The smallest absolute Gasteiger partial charge is 0.324 e. The third-order valence-electron chi connectivity index (χ3n) is 1.21. The van der Waals surface area contributed by atoms with Crippen molar-refractivity contribution in [3.8, 4) is 0 Å². The van der Waals surface area contributed by atoms with E-state index in [1.165, 1.54) is 12.0 Å². The second-order valence-electron chi connectivity index (χ2n) is 3.09. The Morgan fingerprint density at radius 2 is 1.62 bits per heavy atom. The van der Waals surface area contributed by atoms with Crippen molar-refractivity contribution in [3.63, 3.8) is 0 Å². The van der Waals surface area contributed by atoms with Crippen LogP contribution in [0.5, 0.6) is 0 Å². The van der Waals surface area contributed by atoms with Crippen LogP contribution in [0.4, 0.5) is 0 Å². The lowest BCUT2D eigenvalue weighted by Gasteiger charge is -2.10. The zero-order valence-electron chi connectivity index (χ0n) is 10.6. The molecule has 0 atom stereocenters. The fraction of sp³-hybridized carbons (Fsp3) is 0.875. The molecule has 0 saturated carbocycles. The molecule has 0 unspecified atom stereocenters. The van der Waals surface area contributed by atoms with Crippen LogP contribution in [-0.4, -0.2) is 68.9 Å². The Hall–Kier alpha value is -0.120. The second kappa shape index (κ2) is 8.97. The highest BCUT2D eigenvalue weighted by Crippen LogP contribution is 1.83. The van der Waals surface area contributed by atoms with Gasteiger partial charge in [-0.25, -0.2) is 18.2 Å². The molecule has 6 nitrogen and oxygen atoms in total. The van der Waals surface area contributed by atoms with Gasteiger partial charge in [-0.3, -0.25) is 4.18 Å². The Labute approximate surface area is 102 Å². The maximum absolute atomic E-state index is 9.45. The lowest BCUT2D eigenvalue weighted by molar-refractivity contribution is 0.275. The van der Waals surface area contributed by atoms with E-state index in [-0.39, 0.29) is 6.61 Å². The predicted octanol–water partition coefficient (Wildman–Crippen LogP) is -0.607.